The average Bonchev–Trinajstić information content (AvgIpc) is 2.40. The third kappa shape index (κ3) is 3.18. The van der Waals surface area contributed by atoms with Gasteiger partial charge in [0.25, 0.3) is 0 Å². The lowest BCUT2D eigenvalue weighted by Gasteiger charge is -2.07. The number of para-hydroxylation sites is 1. The van der Waals surface area contributed by atoms with Crippen molar-refractivity contribution in [3.05, 3.63) is 65.7 Å². The van der Waals surface area contributed by atoms with E-state index < -0.39 is 0 Å². The molecule has 17 heavy (non-hydrogen) atoms. The van der Waals surface area contributed by atoms with E-state index in [1.165, 1.54) is 0 Å². The van der Waals surface area contributed by atoms with Gasteiger partial charge in [0.2, 0.25) is 0 Å². The van der Waals surface area contributed by atoms with Crippen LogP contribution in [0.3, 0.4) is 0 Å². The van der Waals surface area contributed by atoms with Gasteiger partial charge in [0.1, 0.15) is 6.29 Å². The molecule has 2 heteroatoms. The molecule has 2 aromatic rings. The molecule has 86 valence electrons. The second-order valence-corrected chi connectivity index (χ2v) is 3.86. The van der Waals surface area contributed by atoms with Gasteiger partial charge in [0, 0.05) is 17.8 Å². The summed E-state index contributed by atoms with van der Waals surface area (Å²) in [4.78, 5) is 10.8. The molecule has 0 radical (unpaired) electrons. The summed E-state index contributed by atoms with van der Waals surface area (Å²) in [6.07, 6.45) is 1.77. The molecule has 0 unspecified atom stereocenters. The second kappa shape index (κ2) is 5.85. The Morgan fingerprint density at radius 2 is 1.65 bits per heavy atom. The van der Waals surface area contributed by atoms with E-state index in [0.717, 1.165) is 36.1 Å². The smallest absolute Gasteiger partial charge is 0.150 e. The van der Waals surface area contributed by atoms with Gasteiger partial charge in [-0.2, -0.15) is 0 Å². The van der Waals surface area contributed by atoms with Crippen molar-refractivity contribution in [1.82, 2.24) is 0 Å². The predicted octanol–water partition coefficient (Wildman–Crippen LogP) is 3.15. The van der Waals surface area contributed by atoms with Gasteiger partial charge in [-0.15, -0.1) is 0 Å². The van der Waals surface area contributed by atoms with Gasteiger partial charge in [-0.05, 0) is 24.1 Å². The molecule has 0 saturated carbocycles. The first kappa shape index (κ1) is 11.4. The molecule has 0 heterocycles. The number of nitrogens with one attached hydrogen (secondary N) is 1. The van der Waals surface area contributed by atoms with Crippen molar-refractivity contribution in [2.75, 3.05) is 11.9 Å². The van der Waals surface area contributed by atoms with E-state index in [0.29, 0.717) is 0 Å². The maximum absolute atomic E-state index is 10.8. The van der Waals surface area contributed by atoms with Crippen molar-refractivity contribution in [3.8, 4) is 0 Å². The first-order valence-electron chi connectivity index (χ1n) is 5.72. The maximum atomic E-state index is 10.8. The summed E-state index contributed by atoms with van der Waals surface area (Å²) in [6, 6.07) is 17.8. The lowest BCUT2D eigenvalue weighted by atomic mass is 10.1. The minimum atomic E-state index is 0.780. The fourth-order valence-corrected chi connectivity index (χ4v) is 1.77. The van der Waals surface area contributed by atoms with Crippen LogP contribution < -0.4 is 5.32 Å². The van der Waals surface area contributed by atoms with Crippen LogP contribution in [0, 0.1) is 0 Å². The van der Waals surface area contributed by atoms with Crippen molar-refractivity contribution in [2.24, 2.45) is 0 Å². The van der Waals surface area contributed by atoms with E-state index in [1.54, 1.807) is 0 Å². The van der Waals surface area contributed by atoms with Crippen LogP contribution in [0.15, 0.2) is 54.6 Å². The third-order valence-corrected chi connectivity index (χ3v) is 2.68. The molecule has 0 aliphatic heterocycles. The molecule has 0 atom stereocenters. The molecule has 0 amide bonds. The van der Waals surface area contributed by atoms with Crippen molar-refractivity contribution in [1.29, 1.82) is 0 Å². The SMILES string of the molecule is O=Cc1ccccc1CCNc1ccccc1. The van der Waals surface area contributed by atoms with Crippen LogP contribution in [0.4, 0.5) is 5.69 Å². The molecule has 0 aliphatic carbocycles. The minimum absolute atomic E-state index is 0.780. The Morgan fingerprint density at radius 3 is 2.41 bits per heavy atom. The van der Waals surface area contributed by atoms with Crippen LogP contribution in [0.5, 0.6) is 0 Å². The van der Waals surface area contributed by atoms with Crippen molar-refractivity contribution < 1.29 is 4.79 Å². The molecule has 2 rings (SSSR count). The zero-order valence-electron chi connectivity index (χ0n) is 9.60. The molecule has 0 spiro atoms. The van der Waals surface area contributed by atoms with E-state index in [9.17, 15) is 4.79 Å². The summed E-state index contributed by atoms with van der Waals surface area (Å²) in [6.45, 7) is 0.828. The largest absolute Gasteiger partial charge is 0.385 e. The van der Waals surface area contributed by atoms with Crippen molar-refractivity contribution in [3.63, 3.8) is 0 Å². The summed E-state index contributed by atoms with van der Waals surface area (Å²) < 4.78 is 0. The summed E-state index contributed by atoms with van der Waals surface area (Å²) in [5.74, 6) is 0. The first-order chi connectivity index (χ1) is 8.40. The highest BCUT2D eigenvalue weighted by molar-refractivity contribution is 5.77. The number of anilines is 1. The quantitative estimate of drug-likeness (QED) is 0.792. The highest BCUT2D eigenvalue weighted by Crippen LogP contribution is 2.09. The second-order valence-electron chi connectivity index (χ2n) is 3.86. The zero-order chi connectivity index (χ0) is 11.9. The highest BCUT2D eigenvalue weighted by atomic mass is 16.1. The van der Waals surface area contributed by atoms with Crippen LogP contribution in [0.25, 0.3) is 0 Å². The monoisotopic (exact) mass is 225 g/mol. The molecule has 1 N–H and O–H groups in total. The normalized spacial score (nSPS) is 9.88. The van der Waals surface area contributed by atoms with Gasteiger partial charge in [-0.3, -0.25) is 4.79 Å². The first-order valence-corrected chi connectivity index (χ1v) is 5.72. The Hall–Kier alpha value is -2.09. The number of hydrogen-bond acceptors (Lipinski definition) is 2. The highest BCUT2D eigenvalue weighted by Gasteiger charge is 1.99. The van der Waals surface area contributed by atoms with Gasteiger partial charge in [-0.1, -0.05) is 42.5 Å². The lowest BCUT2D eigenvalue weighted by Crippen LogP contribution is -2.06. The molecule has 0 aliphatic rings. The Labute approximate surface area is 101 Å². The van der Waals surface area contributed by atoms with Crippen LogP contribution >= 0.6 is 0 Å². The molecular formula is C15H15NO. The molecule has 0 aromatic heterocycles. The Kier molecular flexibility index (Phi) is 3.92. The Balaban J connectivity index is 1.92. The zero-order valence-corrected chi connectivity index (χ0v) is 9.60. The lowest BCUT2D eigenvalue weighted by molar-refractivity contribution is 0.112. The van der Waals surface area contributed by atoms with Crippen molar-refractivity contribution in [2.45, 2.75) is 6.42 Å². The molecule has 2 aromatic carbocycles. The number of hydrogen-bond donors (Lipinski definition) is 1. The van der Waals surface area contributed by atoms with Crippen molar-refractivity contribution >= 4 is 12.0 Å². The van der Waals surface area contributed by atoms with Gasteiger partial charge in [0.15, 0.2) is 0 Å². The minimum Gasteiger partial charge on any atom is -0.385 e. The summed E-state index contributed by atoms with van der Waals surface area (Å²) in [5.41, 5.74) is 2.98. The van der Waals surface area contributed by atoms with Gasteiger partial charge in [0.05, 0.1) is 0 Å². The van der Waals surface area contributed by atoms with Crippen LogP contribution in [0.1, 0.15) is 15.9 Å². The number of carbonyl (C=O) groups is 1. The Morgan fingerprint density at radius 1 is 0.941 bits per heavy atom. The van der Waals surface area contributed by atoms with E-state index >= 15 is 0 Å². The van der Waals surface area contributed by atoms with Gasteiger partial charge in [-0.25, -0.2) is 0 Å². The maximum Gasteiger partial charge on any atom is 0.150 e. The summed E-state index contributed by atoms with van der Waals surface area (Å²) in [5, 5.41) is 3.33. The summed E-state index contributed by atoms with van der Waals surface area (Å²) >= 11 is 0. The summed E-state index contributed by atoms with van der Waals surface area (Å²) in [7, 11) is 0. The average molecular weight is 225 g/mol. The Bertz CT molecular complexity index is 479. The van der Waals surface area contributed by atoms with E-state index in [4.69, 9.17) is 0 Å². The number of rotatable bonds is 5. The van der Waals surface area contributed by atoms with E-state index in [-0.39, 0.29) is 0 Å². The molecular weight excluding hydrogens is 210 g/mol. The standard InChI is InChI=1S/C15H15NO/c17-12-14-7-5-4-6-13(14)10-11-16-15-8-2-1-3-9-15/h1-9,12,16H,10-11H2. The van der Waals surface area contributed by atoms with Crippen LogP contribution in [-0.2, 0) is 6.42 Å². The van der Waals surface area contributed by atoms with Gasteiger partial charge < -0.3 is 5.32 Å². The van der Waals surface area contributed by atoms with Crippen LogP contribution in [-0.4, -0.2) is 12.8 Å². The van der Waals surface area contributed by atoms with Crippen LogP contribution in [0.2, 0.25) is 0 Å². The number of carbonyl (C=O) groups excluding carboxylic acids is 1. The fraction of sp³-hybridized carbons (Fsp3) is 0.133. The number of aldehydes is 1. The van der Waals surface area contributed by atoms with E-state index in [2.05, 4.69) is 5.32 Å². The molecule has 2 nitrogen and oxygen atoms in total. The molecule has 0 saturated heterocycles. The number of benzene rings is 2. The van der Waals surface area contributed by atoms with E-state index in [1.807, 2.05) is 54.6 Å². The molecule has 0 fully saturated rings. The fourth-order valence-electron chi connectivity index (χ4n) is 1.77. The van der Waals surface area contributed by atoms with Gasteiger partial charge >= 0.3 is 0 Å². The predicted molar refractivity (Wildman–Crippen MR) is 70.5 cm³/mol. The molecule has 0 bridgehead atoms. The topological polar surface area (TPSA) is 29.1 Å². The third-order valence-electron chi connectivity index (χ3n) is 2.68.